The summed E-state index contributed by atoms with van der Waals surface area (Å²) in [5.41, 5.74) is 4.67. The number of amides is 1. The van der Waals surface area contributed by atoms with E-state index >= 15 is 0 Å². The maximum absolute atomic E-state index is 12.2. The summed E-state index contributed by atoms with van der Waals surface area (Å²) in [6.45, 7) is 7.49. The molecule has 160 valence electrons. The molecule has 3 rings (SSSR count). The Morgan fingerprint density at radius 2 is 1.80 bits per heavy atom. The van der Waals surface area contributed by atoms with E-state index in [1.54, 1.807) is 6.21 Å². The van der Waals surface area contributed by atoms with Crippen molar-refractivity contribution >= 4 is 23.7 Å². The van der Waals surface area contributed by atoms with E-state index in [0.29, 0.717) is 13.2 Å². The molecule has 0 atom stereocenters. The van der Waals surface area contributed by atoms with Crippen LogP contribution in [0, 0.1) is 0 Å². The quantitative estimate of drug-likeness (QED) is 0.491. The Bertz CT molecular complexity index is 833. The van der Waals surface area contributed by atoms with Gasteiger partial charge in [0.25, 0.3) is 5.91 Å². The number of ether oxygens (including phenoxy) is 1. The molecule has 1 N–H and O–H groups in total. The summed E-state index contributed by atoms with van der Waals surface area (Å²) in [4.78, 5) is 16.7. The molecule has 0 aliphatic carbocycles. The summed E-state index contributed by atoms with van der Waals surface area (Å²) < 4.78 is 5.55. The van der Waals surface area contributed by atoms with Gasteiger partial charge in [0.05, 0.1) is 19.4 Å². The molecule has 0 radical (unpaired) electrons. The molecule has 1 aliphatic heterocycles. The van der Waals surface area contributed by atoms with Crippen molar-refractivity contribution in [3.05, 3.63) is 64.7 Å². The van der Waals surface area contributed by atoms with Crippen molar-refractivity contribution in [2.24, 2.45) is 5.10 Å². The third-order valence-corrected chi connectivity index (χ3v) is 5.31. The van der Waals surface area contributed by atoms with Crippen LogP contribution in [-0.2, 0) is 11.3 Å². The number of nitrogens with one attached hydrogen (secondary N) is 1. The standard InChI is InChI=1S/C23H29ClN4O2/c1-2-15-30-21-9-7-19(8-10-21)16-25-26-23(29)18-28-13-11-27(12-14-28)17-20-5-3-4-6-22(20)24/h3-10,16H,2,11-15,17-18H2,1H3,(H,26,29). The molecule has 0 bridgehead atoms. The molecule has 0 unspecified atom stereocenters. The zero-order valence-corrected chi connectivity index (χ0v) is 18.1. The Hall–Kier alpha value is -2.41. The molecule has 1 heterocycles. The third kappa shape index (κ3) is 7.13. The largest absolute Gasteiger partial charge is 0.494 e. The van der Waals surface area contributed by atoms with Crippen LogP contribution >= 0.6 is 11.6 Å². The lowest BCUT2D eigenvalue weighted by Crippen LogP contribution is -2.48. The van der Waals surface area contributed by atoms with Crippen LogP contribution < -0.4 is 10.2 Å². The van der Waals surface area contributed by atoms with Crippen LogP contribution in [0.4, 0.5) is 0 Å². The van der Waals surface area contributed by atoms with Crippen LogP contribution in [0.25, 0.3) is 0 Å². The van der Waals surface area contributed by atoms with Crippen molar-refractivity contribution in [2.75, 3.05) is 39.3 Å². The number of halogens is 1. The van der Waals surface area contributed by atoms with Crippen molar-refractivity contribution in [1.82, 2.24) is 15.2 Å². The Balaban J connectivity index is 1.36. The van der Waals surface area contributed by atoms with Gasteiger partial charge in [-0.2, -0.15) is 5.10 Å². The number of carbonyl (C=O) groups is 1. The molecule has 7 heteroatoms. The number of hydrazone groups is 1. The van der Waals surface area contributed by atoms with E-state index in [1.165, 1.54) is 0 Å². The van der Waals surface area contributed by atoms with E-state index in [-0.39, 0.29) is 5.91 Å². The number of piperazine rings is 1. The molecule has 1 amide bonds. The first-order valence-electron chi connectivity index (χ1n) is 10.4. The van der Waals surface area contributed by atoms with E-state index in [2.05, 4.69) is 33.3 Å². The van der Waals surface area contributed by atoms with Crippen molar-refractivity contribution < 1.29 is 9.53 Å². The van der Waals surface area contributed by atoms with Crippen molar-refractivity contribution in [2.45, 2.75) is 19.9 Å². The zero-order chi connectivity index (χ0) is 21.2. The lowest BCUT2D eigenvalue weighted by atomic mass is 10.2. The molecule has 30 heavy (non-hydrogen) atoms. The monoisotopic (exact) mass is 428 g/mol. The second-order valence-electron chi connectivity index (χ2n) is 7.35. The molecule has 2 aromatic carbocycles. The van der Waals surface area contributed by atoms with Crippen LogP contribution in [0.1, 0.15) is 24.5 Å². The summed E-state index contributed by atoms with van der Waals surface area (Å²) in [6, 6.07) is 15.6. The van der Waals surface area contributed by atoms with E-state index in [9.17, 15) is 4.79 Å². The van der Waals surface area contributed by atoms with Gasteiger partial charge in [-0.25, -0.2) is 5.43 Å². The predicted octanol–water partition coefficient (Wildman–Crippen LogP) is 3.40. The van der Waals surface area contributed by atoms with Gasteiger partial charge in [0.15, 0.2) is 0 Å². The van der Waals surface area contributed by atoms with Gasteiger partial charge in [-0.3, -0.25) is 14.6 Å². The third-order valence-electron chi connectivity index (χ3n) is 4.94. The van der Waals surface area contributed by atoms with Gasteiger partial charge in [-0.05, 0) is 47.9 Å². The Morgan fingerprint density at radius 1 is 1.10 bits per heavy atom. The summed E-state index contributed by atoms with van der Waals surface area (Å²) >= 11 is 6.25. The molecular weight excluding hydrogens is 400 g/mol. The van der Waals surface area contributed by atoms with Gasteiger partial charge in [0.1, 0.15) is 5.75 Å². The molecule has 6 nitrogen and oxygen atoms in total. The first kappa shape index (κ1) is 22.3. The fourth-order valence-electron chi connectivity index (χ4n) is 3.26. The summed E-state index contributed by atoms with van der Waals surface area (Å²) in [7, 11) is 0. The predicted molar refractivity (Wildman–Crippen MR) is 121 cm³/mol. The van der Waals surface area contributed by atoms with Crippen LogP contribution in [0.3, 0.4) is 0 Å². The smallest absolute Gasteiger partial charge is 0.254 e. The minimum Gasteiger partial charge on any atom is -0.494 e. The fraction of sp³-hybridized carbons (Fsp3) is 0.391. The molecule has 0 saturated carbocycles. The molecule has 1 saturated heterocycles. The number of hydrogen-bond acceptors (Lipinski definition) is 5. The Labute approximate surface area is 183 Å². The van der Waals surface area contributed by atoms with Crippen molar-refractivity contribution in [1.29, 1.82) is 0 Å². The van der Waals surface area contributed by atoms with E-state index in [1.807, 2.05) is 42.5 Å². The topological polar surface area (TPSA) is 57.2 Å². The van der Waals surface area contributed by atoms with Crippen LogP contribution in [0.5, 0.6) is 5.75 Å². The van der Waals surface area contributed by atoms with Crippen LogP contribution in [-0.4, -0.2) is 61.3 Å². The fourth-order valence-corrected chi connectivity index (χ4v) is 3.46. The Kier molecular flexibility index (Phi) is 8.68. The average Bonchev–Trinajstić information content (AvgIpc) is 2.76. The summed E-state index contributed by atoms with van der Waals surface area (Å²) in [5.74, 6) is 0.736. The number of rotatable bonds is 9. The molecular formula is C23H29ClN4O2. The number of nitrogens with zero attached hydrogens (tertiary/aromatic N) is 3. The lowest BCUT2D eigenvalue weighted by Gasteiger charge is -2.34. The van der Waals surface area contributed by atoms with Crippen LogP contribution in [0.2, 0.25) is 5.02 Å². The second kappa shape index (κ2) is 11.7. The van der Waals surface area contributed by atoms with E-state index < -0.39 is 0 Å². The van der Waals surface area contributed by atoms with E-state index in [0.717, 1.165) is 61.0 Å². The molecule has 0 aromatic heterocycles. The first-order chi connectivity index (χ1) is 14.6. The first-order valence-corrected chi connectivity index (χ1v) is 10.7. The SMILES string of the molecule is CCCOc1ccc(C=NNC(=O)CN2CCN(Cc3ccccc3Cl)CC2)cc1. The minimum absolute atomic E-state index is 0.103. The Morgan fingerprint density at radius 3 is 2.50 bits per heavy atom. The van der Waals surface area contributed by atoms with Crippen molar-refractivity contribution in [3.63, 3.8) is 0 Å². The molecule has 1 fully saturated rings. The second-order valence-corrected chi connectivity index (χ2v) is 7.76. The highest BCUT2D eigenvalue weighted by Gasteiger charge is 2.19. The molecule has 0 spiro atoms. The van der Waals surface area contributed by atoms with Gasteiger partial charge in [0.2, 0.25) is 0 Å². The normalized spacial score (nSPS) is 15.4. The van der Waals surface area contributed by atoms with Gasteiger partial charge < -0.3 is 4.74 Å². The van der Waals surface area contributed by atoms with Gasteiger partial charge >= 0.3 is 0 Å². The highest BCUT2D eigenvalue weighted by atomic mass is 35.5. The zero-order valence-electron chi connectivity index (χ0n) is 17.4. The number of benzene rings is 2. The van der Waals surface area contributed by atoms with Crippen molar-refractivity contribution in [3.8, 4) is 5.75 Å². The molecule has 2 aromatic rings. The molecule has 1 aliphatic rings. The van der Waals surface area contributed by atoms with Gasteiger partial charge in [0, 0.05) is 37.7 Å². The average molecular weight is 429 g/mol. The van der Waals surface area contributed by atoms with E-state index in [4.69, 9.17) is 16.3 Å². The highest BCUT2D eigenvalue weighted by molar-refractivity contribution is 6.31. The lowest BCUT2D eigenvalue weighted by molar-refractivity contribution is -0.122. The maximum atomic E-state index is 12.2. The van der Waals surface area contributed by atoms with Gasteiger partial charge in [-0.15, -0.1) is 0 Å². The number of carbonyl (C=O) groups excluding carboxylic acids is 1. The maximum Gasteiger partial charge on any atom is 0.254 e. The number of hydrogen-bond donors (Lipinski definition) is 1. The summed E-state index contributed by atoms with van der Waals surface area (Å²) in [5, 5.41) is 4.87. The minimum atomic E-state index is -0.103. The summed E-state index contributed by atoms with van der Waals surface area (Å²) in [6.07, 6.45) is 2.62. The highest BCUT2D eigenvalue weighted by Crippen LogP contribution is 2.17. The van der Waals surface area contributed by atoms with Crippen LogP contribution in [0.15, 0.2) is 53.6 Å². The van der Waals surface area contributed by atoms with Gasteiger partial charge in [-0.1, -0.05) is 36.7 Å².